The second-order valence-electron chi connectivity index (χ2n) is 2.90. The molecule has 0 unspecified atom stereocenters. The highest BCUT2D eigenvalue weighted by Gasteiger charge is 2.10. The zero-order chi connectivity index (χ0) is 7.44. The molecule has 0 bridgehead atoms. The molecule has 0 aromatic carbocycles. The minimum atomic E-state index is -0.387. The van der Waals surface area contributed by atoms with E-state index in [1.807, 2.05) is 13.8 Å². The highest BCUT2D eigenvalue weighted by atomic mass is 16.3. The Morgan fingerprint density at radius 2 is 1.56 bits per heavy atom. The molecule has 0 aliphatic carbocycles. The van der Waals surface area contributed by atoms with Crippen molar-refractivity contribution in [3.8, 4) is 0 Å². The SMILES string of the molecule is CC(C)[C@H](O)C[C@@H](C)O. The molecule has 0 saturated carbocycles. The second-order valence-corrected chi connectivity index (χ2v) is 2.90. The molecule has 0 aliphatic rings. The van der Waals surface area contributed by atoms with Crippen molar-refractivity contribution in [1.29, 1.82) is 0 Å². The lowest BCUT2D eigenvalue weighted by Crippen LogP contribution is -2.20. The molecular formula is C7H16O2. The van der Waals surface area contributed by atoms with Crippen LogP contribution in [-0.4, -0.2) is 22.4 Å². The zero-order valence-electron chi connectivity index (χ0n) is 6.33. The van der Waals surface area contributed by atoms with Crippen molar-refractivity contribution in [3.63, 3.8) is 0 Å². The second kappa shape index (κ2) is 3.85. The smallest absolute Gasteiger partial charge is 0.0587 e. The molecule has 2 atom stereocenters. The van der Waals surface area contributed by atoms with Crippen LogP contribution in [0.25, 0.3) is 0 Å². The van der Waals surface area contributed by atoms with Gasteiger partial charge >= 0.3 is 0 Å². The minimum Gasteiger partial charge on any atom is -0.393 e. The average molecular weight is 132 g/mol. The first-order valence-corrected chi connectivity index (χ1v) is 3.40. The molecule has 2 N–H and O–H groups in total. The third-order valence-corrected chi connectivity index (χ3v) is 1.35. The third-order valence-electron chi connectivity index (χ3n) is 1.35. The van der Waals surface area contributed by atoms with Gasteiger partial charge in [0, 0.05) is 0 Å². The predicted octanol–water partition coefficient (Wildman–Crippen LogP) is 0.774. The van der Waals surface area contributed by atoms with E-state index < -0.39 is 0 Å². The van der Waals surface area contributed by atoms with Gasteiger partial charge in [-0.2, -0.15) is 0 Å². The summed E-state index contributed by atoms with van der Waals surface area (Å²) in [4.78, 5) is 0. The Balaban J connectivity index is 3.38. The largest absolute Gasteiger partial charge is 0.393 e. The molecule has 9 heavy (non-hydrogen) atoms. The highest BCUT2D eigenvalue weighted by molar-refractivity contribution is 4.62. The molecule has 0 spiro atoms. The number of hydrogen-bond donors (Lipinski definition) is 2. The molecule has 2 heteroatoms. The maximum atomic E-state index is 9.14. The van der Waals surface area contributed by atoms with Crippen LogP contribution in [0.4, 0.5) is 0 Å². The van der Waals surface area contributed by atoms with Gasteiger partial charge in [-0.1, -0.05) is 13.8 Å². The predicted molar refractivity (Wildman–Crippen MR) is 37.1 cm³/mol. The Morgan fingerprint density at radius 1 is 1.11 bits per heavy atom. The van der Waals surface area contributed by atoms with Crippen LogP contribution < -0.4 is 0 Å². The lowest BCUT2D eigenvalue weighted by molar-refractivity contribution is 0.0613. The number of hydrogen-bond acceptors (Lipinski definition) is 2. The Hall–Kier alpha value is -0.0800. The van der Waals surface area contributed by atoms with Crippen molar-refractivity contribution in [2.75, 3.05) is 0 Å². The van der Waals surface area contributed by atoms with E-state index in [9.17, 15) is 0 Å². The van der Waals surface area contributed by atoms with Crippen LogP contribution in [-0.2, 0) is 0 Å². The van der Waals surface area contributed by atoms with Gasteiger partial charge in [-0.15, -0.1) is 0 Å². The first-order valence-electron chi connectivity index (χ1n) is 3.40. The summed E-state index contributed by atoms with van der Waals surface area (Å²) in [6, 6.07) is 0. The van der Waals surface area contributed by atoms with Gasteiger partial charge in [0.25, 0.3) is 0 Å². The molecule has 0 fully saturated rings. The molecule has 0 heterocycles. The van der Waals surface area contributed by atoms with Crippen LogP contribution >= 0.6 is 0 Å². The standard InChI is InChI=1S/C7H16O2/c1-5(2)7(9)4-6(3)8/h5-9H,4H2,1-3H3/t6-,7-/m1/s1. The summed E-state index contributed by atoms with van der Waals surface area (Å²) in [5, 5.41) is 17.9. The van der Waals surface area contributed by atoms with Crippen molar-refractivity contribution < 1.29 is 10.2 Å². The van der Waals surface area contributed by atoms with E-state index in [4.69, 9.17) is 10.2 Å². The van der Waals surface area contributed by atoms with Gasteiger partial charge in [0.05, 0.1) is 12.2 Å². The number of aliphatic hydroxyl groups excluding tert-OH is 2. The lowest BCUT2D eigenvalue weighted by Gasteiger charge is -2.15. The Morgan fingerprint density at radius 3 is 1.67 bits per heavy atom. The van der Waals surface area contributed by atoms with Crippen molar-refractivity contribution in [2.45, 2.75) is 39.4 Å². The van der Waals surface area contributed by atoms with E-state index in [1.54, 1.807) is 6.92 Å². The van der Waals surface area contributed by atoms with Crippen LogP contribution in [0.2, 0.25) is 0 Å². The van der Waals surface area contributed by atoms with Gasteiger partial charge in [-0.25, -0.2) is 0 Å². The molecule has 0 amide bonds. The topological polar surface area (TPSA) is 40.5 Å². The summed E-state index contributed by atoms with van der Waals surface area (Å²) in [6.07, 6.45) is -0.259. The van der Waals surface area contributed by atoms with E-state index in [1.165, 1.54) is 0 Å². The van der Waals surface area contributed by atoms with E-state index >= 15 is 0 Å². The van der Waals surface area contributed by atoms with Crippen LogP contribution in [0.1, 0.15) is 27.2 Å². The van der Waals surface area contributed by atoms with Crippen LogP contribution in [0.3, 0.4) is 0 Å². The Bertz CT molecular complexity index is 69.3. The molecule has 2 nitrogen and oxygen atoms in total. The summed E-state index contributed by atoms with van der Waals surface area (Å²) in [7, 11) is 0. The van der Waals surface area contributed by atoms with E-state index in [-0.39, 0.29) is 18.1 Å². The molecule has 0 aliphatic heterocycles. The maximum Gasteiger partial charge on any atom is 0.0587 e. The van der Waals surface area contributed by atoms with Gasteiger partial charge in [-0.3, -0.25) is 0 Å². The summed E-state index contributed by atoms with van der Waals surface area (Å²) < 4.78 is 0. The quantitative estimate of drug-likeness (QED) is 0.595. The van der Waals surface area contributed by atoms with Gasteiger partial charge in [0.15, 0.2) is 0 Å². The molecule has 0 radical (unpaired) electrons. The number of aliphatic hydroxyl groups is 2. The van der Waals surface area contributed by atoms with E-state index in [2.05, 4.69) is 0 Å². The lowest BCUT2D eigenvalue weighted by atomic mass is 10.0. The Labute approximate surface area is 56.5 Å². The van der Waals surface area contributed by atoms with Crippen molar-refractivity contribution >= 4 is 0 Å². The highest BCUT2D eigenvalue weighted by Crippen LogP contribution is 2.07. The summed E-state index contributed by atoms with van der Waals surface area (Å²) in [6.45, 7) is 5.56. The van der Waals surface area contributed by atoms with Gasteiger partial charge in [0.2, 0.25) is 0 Å². The Kier molecular flexibility index (Phi) is 3.82. The molecule has 0 saturated heterocycles. The molecular weight excluding hydrogens is 116 g/mol. The van der Waals surface area contributed by atoms with Crippen molar-refractivity contribution in [3.05, 3.63) is 0 Å². The third kappa shape index (κ3) is 4.43. The van der Waals surface area contributed by atoms with Gasteiger partial charge < -0.3 is 10.2 Å². The summed E-state index contributed by atoms with van der Waals surface area (Å²) in [5.74, 6) is 0.250. The number of rotatable bonds is 3. The van der Waals surface area contributed by atoms with Crippen molar-refractivity contribution in [1.82, 2.24) is 0 Å². The first kappa shape index (κ1) is 8.92. The average Bonchev–Trinajstić information content (AvgIpc) is 1.63. The van der Waals surface area contributed by atoms with E-state index in [0.717, 1.165) is 0 Å². The molecule has 56 valence electrons. The summed E-state index contributed by atoms with van der Waals surface area (Å²) >= 11 is 0. The van der Waals surface area contributed by atoms with Crippen LogP contribution in [0.15, 0.2) is 0 Å². The van der Waals surface area contributed by atoms with Crippen LogP contribution in [0.5, 0.6) is 0 Å². The zero-order valence-corrected chi connectivity index (χ0v) is 6.33. The fraction of sp³-hybridized carbons (Fsp3) is 1.00. The minimum absolute atomic E-state index is 0.250. The molecule has 0 rings (SSSR count). The first-order chi connectivity index (χ1) is 4.04. The van der Waals surface area contributed by atoms with Crippen LogP contribution in [0, 0.1) is 5.92 Å². The molecule has 0 aromatic heterocycles. The van der Waals surface area contributed by atoms with E-state index in [0.29, 0.717) is 6.42 Å². The summed E-state index contributed by atoms with van der Waals surface area (Å²) in [5.41, 5.74) is 0. The van der Waals surface area contributed by atoms with Crippen molar-refractivity contribution in [2.24, 2.45) is 5.92 Å². The fourth-order valence-corrected chi connectivity index (χ4v) is 0.622. The molecule has 0 aromatic rings. The van der Waals surface area contributed by atoms with Gasteiger partial charge in [-0.05, 0) is 19.3 Å². The fourth-order valence-electron chi connectivity index (χ4n) is 0.622. The normalized spacial score (nSPS) is 18.0. The van der Waals surface area contributed by atoms with Gasteiger partial charge in [0.1, 0.15) is 0 Å². The maximum absolute atomic E-state index is 9.14. The monoisotopic (exact) mass is 132 g/mol.